The molecule has 0 saturated carbocycles. The minimum Gasteiger partial charge on any atom is -0.350 e. The van der Waals surface area contributed by atoms with Gasteiger partial charge in [0.25, 0.3) is 0 Å². The van der Waals surface area contributed by atoms with Crippen molar-refractivity contribution in [3.8, 4) is 0 Å². The highest BCUT2D eigenvalue weighted by molar-refractivity contribution is 5.81. The topological polar surface area (TPSA) is 50.7 Å². The second-order valence-corrected chi connectivity index (χ2v) is 4.07. The zero-order valence-electron chi connectivity index (χ0n) is 10.0. The Kier molecular flexibility index (Phi) is 3.02. The van der Waals surface area contributed by atoms with Crippen molar-refractivity contribution in [2.75, 3.05) is 5.32 Å². The third kappa shape index (κ3) is 2.49. The molecule has 0 fully saturated rings. The number of nitrogens with one attached hydrogen (secondary N) is 1. The second-order valence-electron chi connectivity index (χ2n) is 4.07. The molecule has 0 bridgehead atoms. The van der Waals surface area contributed by atoms with Crippen molar-refractivity contribution in [2.45, 2.75) is 6.54 Å². The number of halogens is 1. The van der Waals surface area contributed by atoms with Gasteiger partial charge in [0, 0.05) is 18.1 Å². The Balaban J connectivity index is 1.84. The molecular weight excluding hydrogens is 243 g/mol. The predicted molar refractivity (Wildman–Crippen MR) is 71.1 cm³/mol. The average Bonchev–Trinajstić information content (AvgIpc) is 2.47. The Morgan fingerprint density at radius 3 is 2.63 bits per heavy atom. The predicted octanol–water partition coefficient (Wildman–Crippen LogP) is 2.78. The number of para-hydroxylation sites is 1. The van der Waals surface area contributed by atoms with Gasteiger partial charge in [0.1, 0.15) is 0 Å². The molecule has 0 aliphatic carbocycles. The number of hydrogen-bond acceptors (Lipinski definition) is 4. The molecule has 2 heterocycles. The molecule has 1 aromatic carbocycles. The van der Waals surface area contributed by atoms with Crippen LogP contribution in [0.4, 0.5) is 10.3 Å². The van der Waals surface area contributed by atoms with Gasteiger partial charge in [-0.1, -0.05) is 24.3 Å². The van der Waals surface area contributed by atoms with E-state index in [0.29, 0.717) is 12.5 Å². The fraction of sp³-hybridized carbons (Fsp3) is 0.0714. The molecule has 3 aromatic rings. The standard InChI is InChI=1S/C14H11FN4/c15-12-8-18-14(19-9-12)17-7-11-4-1-3-10-5-2-6-16-13(10)11/h1-6,8-9H,7H2,(H,17,18,19). The van der Waals surface area contributed by atoms with Crippen LogP contribution < -0.4 is 5.32 Å². The van der Waals surface area contributed by atoms with Crippen LogP contribution in [0, 0.1) is 5.82 Å². The summed E-state index contributed by atoms with van der Waals surface area (Å²) in [5, 5.41) is 4.14. The van der Waals surface area contributed by atoms with Crippen LogP contribution in [0.2, 0.25) is 0 Å². The van der Waals surface area contributed by atoms with Gasteiger partial charge in [-0.05, 0) is 11.6 Å². The highest BCUT2D eigenvalue weighted by atomic mass is 19.1. The summed E-state index contributed by atoms with van der Waals surface area (Å²) in [7, 11) is 0. The van der Waals surface area contributed by atoms with Crippen LogP contribution in [0.3, 0.4) is 0 Å². The maximum Gasteiger partial charge on any atom is 0.223 e. The zero-order valence-corrected chi connectivity index (χ0v) is 10.0. The molecular formula is C14H11FN4. The minimum absolute atomic E-state index is 0.398. The van der Waals surface area contributed by atoms with Gasteiger partial charge in [0.15, 0.2) is 5.82 Å². The van der Waals surface area contributed by atoms with Crippen LogP contribution in [-0.4, -0.2) is 15.0 Å². The number of hydrogen-bond donors (Lipinski definition) is 1. The van der Waals surface area contributed by atoms with E-state index in [4.69, 9.17) is 0 Å². The first-order valence-electron chi connectivity index (χ1n) is 5.87. The van der Waals surface area contributed by atoms with Crippen molar-refractivity contribution in [3.05, 3.63) is 60.3 Å². The van der Waals surface area contributed by atoms with E-state index in [1.165, 1.54) is 0 Å². The van der Waals surface area contributed by atoms with Gasteiger partial charge in [0.05, 0.1) is 17.9 Å². The molecule has 0 atom stereocenters. The summed E-state index contributed by atoms with van der Waals surface area (Å²) >= 11 is 0. The van der Waals surface area contributed by atoms with Crippen molar-refractivity contribution >= 4 is 16.9 Å². The molecule has 0 radical (unpaired) electrons. The third-order valence-corrected chi connectivity index (χ3v) is 2.77. The summed E-state index contributed by atoms with van der Waals surface area (Å²) in [5.41, 5.74) is 1.99. The number of anilines is 1. The number of pyridine rings is 1. The molecule has 0 amide bonds. The minimum atomic E-state index is -0.447. The van der Waals surface area contributed by atoms with E-state index in [1.54, 1.807) is 6.20 Å². The molecule has 5 heteroatoms. The highest BCUT2D eigenvalue weighted by Crippen LogP contribution is 2.16. The van der Waals surface area contributed by atoms with E-state index in [0.717, 1.165) is 28.9 Å². The SMILES string of the molecule is Fc1cnc(NCc2cccc3cccnc23)nc1. The molecule has 0 unspecified atom stereocenters. The van der Waals surface area contributed by atoms with Gasteiger partial charge in [-0.15, -0.1) is 0 Å². The van der Waals surface area contributed by atoms with Crippen LogP contribution in [0.1, 0.15) is 5.56 Å². The molecule has 3 rings (SSSR count). The maximum absolute atomic E-state index is 12.7. The fourth-order valence-corrected chi connectivity index (χ4v) is 1.89. The molecule has 0 saturated heterocycles. The molecule has 0 spiro atoms. The molecule has 94 valence electrons. The first kappa shape index (κ1) is 11.5. The summed E-state index contributed by atoms with van der Waals surface area (Å²) < 4.78 is 12.7. The Hall–Kier alpha value is -2.56. The summed E-state index contributed by atoms with van der Waals surface area (Å²) in [5.74, 6) is -0.0493. The van der Waals surface area contributed by atoms with E-state index in [2.05, 4.69) is 20.3 Å². The van der Waals surface area contributed by atoms with Crippen LogP contribution >= 0.6 is 0 Å². The van der Waals surface area contributed by atoms with Gasteiger partial charge < -0.3 is 5.32 Å². The zero-order chi connectivity index (χ0) is 13.1. The number of aromatic nitrogens is 3. The molecule has 1 N–H and O–H groups in total. The van der Waals surface area contributed by atoms with Crippen molar-refractivity contribution in [1.29, 1.82) is 0 Å². The Labute approximate surface area is 109 Å². The summed E-state index contributed by atoms with van der Waals surface area (Å²) in [6, 6.07) is 9.90. The number of fused-ring (bicyclic) bond motifs is 1. The van der Waals surface area contributed by atoms with E-state index in [9.17, 15) is 4.39 Å². The molecule has 4 nitrogen and oxygen atoms in total. The lowest BCUT2D eigenvalue weighted by atomic mass is 10.1. The molecule has 2 aromatic heterocycles. The van der Waals surface area contributed by atoms with Crippen LogP contribution in [0.5, 0.6) is 0 Å². The maximum atomic E-state index is 12.7. The second kappa shape index (κ2) is 4.97. The van der Waals surface area contributed by atoms with Gasteiger partial charge in [-0.25, -0.2) is 14.4 Å². The van der Waals surface area contributed by atoms with Crippen LogP contribution in [-0.2, 0) is 6.54 Å². The highest BCUT2D eigenvalue weighted by Gasteiger charge is 2.02. The first-order chi connectivity index (χ1) is 9.33. The van der Waals surface area contributed by atoms with E-state index < -0.39 is 5.82 Å². The van der Waals surface area contributed by atoms with Crippen LogP contribution in [0.25, 0.3) is 10.9 Å². The Morgan fingerprint density at radius 2 is 1.79 bits per heavy atom. The quantitative estimate of drug-likeness (QED) is 0.780. The Morgan fingerprint density at radius 1 is 1.00 bits per heavy atom. The number of nitrogens with zero attached hydrogens (tertiary/aromatic N) is 3. The van der Waals surface area contributed by atoms with Gasteiger partial charge in [-0.2, -0.15) is 0 Å². The lowest BCUT2D eigenvalue weighted by Crippen LogP contribution is -2.04. The number of benzene rings is 1. The van der Waals surface area contributed by atoms with Crippen LogP contribution in [0.15, 0.2) is 48.9 Å². The fourth-order valence-electron chi connectivity index (χ4n) is 1.89. The van der Waals surface area contributed by atoms with E-state index in [-0.39, 0.29) is 0 Å². The third-order valence-electron chi connectivity index (χ3n) is 2.77. The van der Waals surface area contributed by atoms with Gasteiger partial charge in [0.2, 0.25) is 5.95 Å². The Bertz CT molecular complexity index is 692. The van der Waals surface area contributed by atoms with Crippen molar-refractivity contribution in [1.82, 2.24) is 15.0 Å². The summed E-state index contributed by atoms with van der Waals surface area (Å²) in [6.45, 7) is 0.542. The number of rotatable bonds is 3. The van der Waals surface area contributed by atoms with E-state index >= 15 is 0 Å². The normalized spacial score (nSPS) is 10.6. The monoisotopic (exact) mass is 254 g/mol. The average molecular weight is 254 g/mol. The van der Waals surface area contributed by atoms with Gasteiger partial charge in [-0.3, -0.25) is 4.98 Å². The largest absolute Gasteiger partial charge is 0.350 e. The molecule has 0 aliphatic heterocycles. The smallest absolute Gasteiger partial charge is 0.223 e. The lowest BCUT2D eigenvalue weighted by Gasteiger charge is -2.07. The van der Waals surface area contributed by atoms with Crippen molar-refractivity contribution in [2.24, 2.45) is 0 Å². The van der Waals surface area contributed by atoms with Crippen molar-refractivity contribution < 1.29 is 4.39 Å². The lowest BCUT2D eigenvalue weighted by molar-refractivity contribution is 0.614. The molecule has 19 heavy (non-hydrogen) atoms. The van der Waals surface area contributed by atoms with Crippen molar-refractivity contribution in [3.63, 3.8) is 0 Å². The summed E-state index contributed by atoms with van der Waals surface area (Å²) in [6.07, 6.45) is 4.04. The van der Waals surface area contributed by atoms with E-state index in [1.807, 2.05) is 30.3 Å². The summed E-state index contributed by atoms with van der Waals surface area (Å²) in [4.78, 5) is 12.1. The molecule has 0 aliphatic rings. The van der Waals surface area contributed by atoms with Gasteiger partial charge >= 0.3 is 0 Å². The first-order valence-corrected chi connectivity index (χ1v) is 5.87.